The number of benzene rings is 4. The first-order valence-electron chi connectivity index (χ1n) is 11.9. The molecule has 0 bridgehead atoms. The van der Waals surface area contributed by atoms with Gasteiger partial charge in [-0.3, -0.25) is 4.98 Å². The van der Waals surface area contributed by atoms with Crippen LogP contribution in [0.4, 0.5) is 13.2 Å². The van der Waals surface area contributed by atoms with E-state index in [1.807, 2.05) is 66.7 Å². The summed E-state index contributed by atoms with van der Waals surface area (Å²) < 4.78 is 58.5. The molecule has 0 unspecified atom stereocenters. The molecular formula is C31H24F3NO3. The van der Waals surface area contributed by atoms with Gasteiger partial charge in [0.05, 0.1) is 25.3 Å². The van der Waals surface area contributed by atoms with Gasteiger partial charge in [-0.1, -0.05) is 66.7 Å². The van der Waals surface area contributed by atoms with Crippen LogP contribution in [0.2, 0.25) is 0 Å². The number of fused-ring (bicyclic) bond motifs is 1. The number of hydrogen-bond donors (Lipinski definition) is 0. The number of hydrogen-bond acceptors (Lipinski definition) is 4. The van der Waals surface area contributed by atoms with Gasteiger partial charge in [0, 0.05) is 28.3 Å². The molecule has 0 atom stereocenters. The van der Waals surface area contributed by atoms with Crippen molar-refractivity contribution in [3.05, 3.63) is 108 Å². The van der Waals surface area contributed by atoms with Gasteiger partial charge in [0.1, 0.15) is 12.4 Å². The zero-order valence-electron chi connectivity index (χ0n) is 20.8. The van der Waals surface area contributed by atoms with E-state index in [4.69, 9.17) is 14.2 Å². The number of methoxy groups -OCH3 is 2. The molecule has 0 saturated heterocycles. The van der Waals surface area contributed by atoms with Gasteiger partial charge in [0.2, 0.25) is 0 Å². The van der Waals surface area contributed by atoms with E-state index < -0.39 is 11.7 Å². The van der Waals surface area contributed by atoms with Crippen molar-refractivity contribution in [2.24, 2.45) is 0 Å². The lowest BCUT2D eigenvalue weighted by molar-refractivity contribution is -0.136. The van der Waals surface area contributed by atoms with Gasteiger partial charge >= 0.3 is 6.18 Å². The minimum Gasteiger partial charge on any atom is -0.493 e. The van der Waals surface area contributed by atoms with E-state index in [2.05, 4.69) is 4.98 Å². The van der Waals surface area contributed by atoms with Crippen molar-refractivity contribution in [2.45, 2.75) is 12.8 Å². The van der Waals surface area contributed by atoms with Crippen LogP contribution in [0.1, 0.15) is 11.1 Å². The van der Waals surface area contributed by atoms with Crippen LogP contribution in [0.5, 0.6) is 17.2 Å². The fraction of sp³-hybridized carbons (Fsp3) is 0.129. The average Bonchev–Trinajstić information content (AvgIpc) is 2.94. The second-order valence-corrected chi connectivity index (χ2v) is 8.58. The van der Waals surface area contributed by atoms with E-state index in [0.717, 1.165) is 22.8 Å². The predicted molar refractivity (Wildman–Crippen MR) is 141 cm³/mol. The zero-order chi connectivity index (χ0) is 26.7. The van der Waals surface area contributed by atoms with Crippen LogP contribution in [0.25, 0.3) is 33.2 Å². The Balaban J connectivity index is 1.62. The highest BCUT2D eigenvalue weighted by Gasteiger charge is 2.33. The summed E-state index contributed by atoms with van der Waals surface area (Å²) in [7, 11) is 3.14. The third-order valence-electron chi connectivity index (χ3n) is 6.29. The van der Waals surface area contributed by atoms with E-state index >= 15 is 0 Å². The molecule has 0 aliphatic carbocycles. The third kappa shape index (κ3) is 4.87. The molecular weight excluding hydrogens is 491 g/mol. The number of alkyl halides is 3. The van der Waals surface area contributed by atoms with Gasteiger partial charge in [-0.2, -0.15) is 13.2 Å². The fourth-order valence-corrected chi connectivity index (χ4v) is 4.57. The first-order chi connectivity index (χ1) is 18.4. The summed E-state index contributed by atoms with van der Waals surface area (Å²) in [5.41, 5.74) is 2.87. The van der Waals surface area contributed by atoms with Gasteiger partial charge in [-0.25, -0.2) is 0 Å². The Morgan fingerprint density at radius 1 is 0.763 bits per heavy atom. The molecule has 7 heteroatoms. The SMILES string of the molecule is COc1cccc(COc2cccc(-c3c(-c4ccccc4)cnc4c(C(F)(F)F)cccc34)c2)c1OC. The van der Waals surface area contributed by atoms with Gasteiger partial charge in [0.25, 0.3) is 0 Å². The Bertz CT molecular complexity index is 1580. The molecule has 5 aromatic rings. The van der Waals surface area contributed by atoms with Crippen molar-refractivity contribution in [3.63, 3.8) is 0 Å². The molecule has 0 radical (unpaired) electrons. The largest absolute Gasteiger partial charge is 0.493 e. The normalized spacial score (nSPS) is 11.4. The average molecular weight is 516 g/mol. The van der Waals surface area contributed by atoms with Crippen LogP contribution in [-0.4, -0.2) is 19.2 Å². The molecule has 0 aliphatic rings. The lowest BCUT2D eigenvalue weighted by Crippen LogP contribution is -2.07. The van der Waals surface area contributed by atoms with Gasteiger partial charge in [0.15, 0.2) is 11.5 Å². The Hall–Kier alpha value is -4.52. The maximum atomic E-state index is 13.8. The highest BCUT2D eigenvalue weighted by molar-refractivity contribution is 6.03. The molecule has 5 rings (SSSR count). The maximum Gasteiger partial charge on any atom is 0.418 e. The topological polar surface area (TPSA) is 40.6 Å². The number of para-hydroxylation sites is 2. The van der Waals surface area contributed by atoms with Gasteiger partial charge in [-0.05, 0) is 35.4 Å². The summed E-state index contributed by atoms with van der Waals surface area (Å²) in [4.78, 5) is 4.27. The van der Waals surface area contributed by atoms with E-state index in [1.54, 1.807) is 26.4 Å². The van der Waals surface area contributed by atoms with Crippen LogP contribution in [0.3, 0.4) is 0 Å². The van der Waals surface area contributed by atoms with E-state index in [-0.39, 0.29) is 12.1 Å². The summed E-state index contributed by atoms with van der Waals surface area (Å²) >= 11 is 0. The molecule has 0 N–H and O–H groups in total. The molecule has 0 saturated carbocycles. The number of aromatic nitrogens is 1. The summed E-state index contributed by atoms with van der Waals surface area (Å²) in [6.45, 7) is 0.213. The molecule has 4 nitrogen and oxygen atoms in total. The summed E-state index contributed by atoms with van der Waals surface area (Å²) in [5, 5.41) is 0.410. The van der Waals surface area contributed by atoms with Crippen molar-refractivity contribution in [1.29, 1.82) is 0 Å². The second-order valence-electron chi connectivity index (χ2n) is 8.58. The molecule has 0 fully saturated rings. The zero-order valence-corrected chi connectivity index (χ0v) is 20.8. The maximum absolute atomic E-state index is 13.8. The van der Waals surface area contributed by atoms with Crippen LogP contribution in [0, 0.1) is 0 Å². The predicted octanol–water partition coefficient (Wildman–Crippen LogP) is 8.18. The van der Waals surface area contributed by atoms with Crippen molar-refractivity contribution in [1.82, 2.24) is 4.98 Å². The Morgan fingerprint density at radius 3 is 2.24 bits per heavy atom. The number of pyridine rings is 1. The van der Waals surface area contributed by atoms with Crippen molar-refractivity contribution >= 4 is 10.9 Å². The highest BCUT2D eigenvalue weighted by atomic mass is 19.4. The monoisotopic (exact) mass is 515 g/mol. The van der Waals surface area contributed by atoms with Crippen molar-refractivity contribution < 1.29 is 27.4 Å². The van der Waals surface area contributed by atoms with E-state index in [1.165, 1.54) is 12.3 Å². The first-order valence-corrected chi connectivity index (χ1v) is 11.9. The molecule has 1 aromatic heterocycles. The molecule has 0 spiro atoms. The third-order valence-corrected chi connectivity index (χ3v) is 6.29. The number of rotatable bonds is 7. The first kappa shape index (κ1) is 25.1. The summed E-state index contributed by atoms with van der Waals surface area (Å²) in [6, 6.07) is 26.5. The summed E-state index contributed by atoms with van der Waals surface area (Å²) in [6.07, 6.45) is -3.02. The smallest absolute Gasteiger partial charge is 0.418 e. The minimum atomic E-state index is -4.53. The van der Waals surface area contributed by atoms with Gasteiger partial charge in [-0.15, -0.1) is 0 Å². The fourth-order valence-electron chi connectivity index (χ4n) is 4.57. The molecule has 38 heavy (non-hydrogen) atoms. The Kier molecular flexibility index (Phi) is 6.92. The number of nitrogens with zero attached hydrogens (tertiary/aromatic N) is 1. The van der Waals surface area contributed by atoms with Crippen LogP contribution in [0.15, 0.2) is 97.2 Å². The molecule has 192 valence electrons. The Morgan fingerprint density at radius 2 is 1.50 bits per heavy atom. The van der Waals surface area contributed by atoms with Gasteiger partial charge < -0.3 is 14.2 Å². The second kappa shape index (κ2) is 10.5. The lowest BCUT2D eigenvalue weighted by atomic mass is 9.91. The number of halogens is 3. The summed E-state index contributed by atoms with van der Waals surface area (Å²) in [5.74, 6) is 1.74. The van der Waals surface area contributed by atoms with Crippen molar-refractivity contribution in [3.8, 4) is 39.5 Å². The highest BCUT2D eigenvalue weighted by Crippen LogP contribution is 2.42. The lowest BCUT2D eigenvalue weighted by Gasteiger charge is -2.17. The van der Waals surface area contributed by atoms with E-state index in [9.17, 15) is 13.2 Å². The Labute approximate surface area is 218 Å². The molecule has 1 heterocycles. The van der Waals surface area contributed by atoms with E-state index in [0.29, 0.717) is 33.8 Å². The van der Waals surface area contributed by atoms with Crippen LogP contribution in [-0.2, 0) is 12.8 Å². The van der Waals surface area contributed by atoms with Crippen LogP contribution >= 0.6 is 0 Å². The quantitative estimate of drug-likeness (QED) is 0.219. The minimum absolute atomic E-state index is 0.0953. The standard InChI is InChI=1S/C31H24F3NO3/c1-36-27-16-7-12-22(30(27)37-2)19-38-23-13-6-11-21(17-23)28-24-14-8-15-26(31(32,33)34)29(24)35-18-25(28)20-9-4-3-5-10-20/h3-18H,19H2,1-2H3. The molecule has 4 aromatic carbocycles. The van der Waals surface area contributed by atoms with Crippen molar-refractivity contribution in [2.75, 3.05) is 14.2 Å². The number of ether oxygens (including phenoxy) is 3. The van der Waals surface area contributed by atoms with Crippen LogP contribution < -0.4 is 14.2 Å². The molecule has 0 amide bonds. The molecule has 0 aliphatic heterocycles.